The van der Waals surface area contributed by atoms with Crippen molar-refractivity contribution in [2.45, 2.75) is 11.8 Å². The van der Waals surface area contributed by atoms with Gasteiger partial charge in [0.1, 0.15) is 11.5 Å². The number of esters is 1. The summed E-state index contributed by atoms with van der Waals surface area (Å²) in [6, 6.07) is 25.7. The van der Waals surface area contributed by atoms with Crippen molar-refractivity contribution >= 4 is 16.7 Å². The normalized spacial score (nSPS) is 18.8. The zero-order chi connectivity index (χ0) is 21.7. The summed E-state index contributed by atoms with van der Waals surface area (Å²) in [4.78, 5) is 13.5. The summed E-state index contributed by atoms with van der Waals surface area (Å²) in [5.74, 6) is 1.48. The van der Waals surface area contributed by atoms with Gasteiger partial charge in [0.15, 0.2) is 11.5 Å². The van der Waals surface area contributed by atoms with Crippen molar-refractivity contribution in [1.29, 1.82) is 0 Å². The lowest BCUT2D eigenvalue weighted by molar-refractivity contribution is -0.137. The molecule has 0 aromatic heterocycles. The number of methoxy groups -OCH3 is 1. The molecule has 4 aromatic rings. The summed E-state index contributed by atoms with van der Waals surface area (Å²) in [6.07, 6.45) is 0. The van der Waals surface area contributed by atoms with Crippen LogP contribution in [0.25, 0.3) is 10.8 Å². The molecule has 4 aromatic carbocycles. The number of hydrogen-bond acceptors (Lipinski definition) is 5. The van der Waals surface area contributed by atoms with E-state index in [0.717, 1.165) is 33.2 Å². The van der Waals surface area contributed by atoms with E-state index in [0.29, 0.717) is 17.2 Å². The van der Waals surface area contributed by atoms with Crippen molar-refractivity contribution in [3.8, 4) is 23.0 Å². The van der Waals surface area contributed by atoms with Crippen LogP contribution in [0.4, 0.5) is 0 Å². The van der Waals surface area contributed by atoms with E-state index in [1.807, 2.05) is 54.6 Å². The van der Waals surface area contributed by atoms with Gasteiger partial charge in [0.25, 0.3) is 0 Å². The Labute approximate surface area is 185 Å². The Bertz CT molecular complexity index is 1340. The number of rotatable bonds is 3. The molecule has 2 heterocycles. The fraction of sp³-hybridized carbons (Fsp3) is 0.148. The minimum Gasteiger partial charge on any atom is -0.497 e. The van der Waals surface area contributed by atoms with Gasteiger partial charge in [0.2, 0.25) is 6.79 Å². The van der Waals surface area contributed by atoms with Crippen LogP contribution in [0.1, 0.15) is 28.5 Å². The Morgan fingerprint density at radius 1 is 0.781 bits per heavy atom. The van der Waals surface area contributed by atoms with Gasteiger partial charge in [-0.3, -0.25) is 4.79 Å². The summed E-state index contributed by atoms with van der Waals surface area (Å²) < 4.78 is 22.4. The highest BCUT2D eigenvalue weighted by atomic mass is 16.7. The second-order valence-corrected chi connectivity index (χ2v) is 7.96. The van der Waals surface area contributed by atoms with Crippen LogP contribution in [0.3, 0.4) is 0 Å². The highest BCUT2D eigenvalue weighted by Gasteiger charge is 2.41. The first-order chi connectivity index (χ1) is 15.7. The van der Waals surface area contributed by atoms with Gasteiger partial charge in [0.05, 0.1) is 13.0 Å². The second-order valence-electron chi connectivity index (χ2n) is 7.96. The fourth-order valence-electron chi connectivity index (χ4n) is 4.77. The SMILES string of the molecule is COc1ccc([C@H]2c3cc4c(cc3OC(=O)[C@H]2c2cccc3ccccc23)OCO4)cc1. The first kappa shape index (κ1) is 18.8. The molecule has 158 valence electrons. The predicted molar refractivity (Wildman–Crippen MR) is 120 cm³/mol. The third-order valence-electron chi connectivity index (χ3n) is 6.27. The van der Waals surface area contributed by atoms with Crippen LogP contribution in [0.2, 0.25) is 0 Å². The van der Waals surface area contributed by atoms with Crippen LogP contribution in [-0.4, -0.2) is 19.9 Å². The van der Waals surface area contributed by atoms with E-state index in [9.17, 15) is 4.79 Å². The summed E-state index contributed by atoms with van der Waals surface area (Å²) >= 11 is 0. The van der Waals surface area contributed by atoms with Gasteiger partial charge in [0, 0.05) is 17.5 Å². The number of carbonyl (C=O) groups is 1. The fourth-order valence-corrected chi connectivity index (χ4v) is 4.77. The van der Waals surface area contributed by atoms with Gasteiger partial charge in [-0.25, -0.2) is 0 Å². The maximum atomic E-state index is 13.5. The molecule has 5 nitrogen and oxygen atoms in total. The molecule has 0 spiro atoms. The summed E-state index contributed by atoms with van der Waals surface area (Å²) in [6.45, 7) is 0.159. The molecule has 0 unspecified atom stereocenters. The van der Waals surface area contributed by atoms with E-state index in [4.69, 9.17) is 18.9 Å². The van der Waals surface area contributed by atoms with Crippen LogP contribution >= 0.6 is 0 Å². The number of fused-ring (bicyclic) bond motifs is 3. The Hall–Kier alpha value is -3.99. The molecule has 32 heavy (non-hydrogen) atoms. The standard InChI is InChI=1S/C27H20O5/c1-29-18-11-9-17(10-12-18)25-21-13-23-24(31-15-30-23)14-22(21)32-27(28)26(25)20-8-4-6-16-5-2-3-7-19(16)20/h2-14,25-26H,15H2,1H3/t25-,26-/m0/s1. The van der Waals surface area contributed by atoms with E-state index in [1.54, 1.807) is 13.2 Å². The van der Waals surface area contributed by atoms with Crippen molar-refractivity contribution in [3.05, 3.63) is 95.6 Å². The lowest BCUT2D eigenvalue weighted by Crippen LogP contribution is -2.30. The predicted octanol–water partition coefficient (Wildman–Crippen LogP) is 5.41. The molecular formula is C27H20O5. The van der Waals surface area contributed by atoms with E-state index < -0.39 is 5.92 Å². The monoisotopic (exact) mass is 424 g/mol. The Morgan fingerprint density at radius 3 is 2.34 bits per heavy atom. The quantitative estimate of drug-likeness (QED) is 0.325. The van der Waals surface area contributed by atoms with Gasteiger partial charge in [-0.05, 0) is 40.1 Å². The molecule has 2 aliphatic heterocycles. The maximum absolute atomic E-state index is 13.5. The highest BCUT2D eigenvalue weighted by Crippen LogP contribution is 2.51. The highest BCUT2D eigenvalue weighted by molar-refractivity contribution is 5.94. The molecule has 5 heteroatoms. The number of hydrogen-bond donors (Lipinski definition) is 0. The van der Waals surface area contributed by atoms with Crippen LogP contribution in [0.5, 0.6) is 23.0 Å². The molecule has 6 rings (SSSR count). The van der Waals surface area contributed by atoms with E-state index in [2.05, 4.69) is 18.2 Å². The van der Waals surface area contributed by atoms with E-state index in [-0.39, 0.29) is 18.7 Å². The minimum absolute atomic E-state index is 0.159. The van der Waals surface area contributed by atoms with E-state index in [1.165, 1.54) is 0 Å². The molecule has 0 saturated heterocycles. The van der Waals surface area contributed by atoms with Gasteiger partial charge in [-0.15, -0.1) is 0 Å². The molecule has 0 aliphatic carbocycles. The first-order valence-electron chi connectivity index (χ1n) is 10.5. The van der Waals surface area contributed by atoms with Crippen molar-refractivity contribution in [1.82, 2.24) is 0 Å². The van der Waals surface area contributed by atoms with Gasteiger partial charge in [-0.1, -0.05) is 54.6 Å². The maximum Gasteiger partial charge on any atom is 0.319 e. The summed E-state index contributed by atoms with van der Waals surface area (Å²) in [5, 5.41) is 2.13. The largest absolute Gasteiger partial charge is 0.497 e. The van der Waals surface area contributed by atoms with Crippen LogP contribution in [0, 0.1) is 0 Å². The van der Waals surface area contributed by atoms with Gasteiger partial charge >= 0.3 is 5.97 Å². The third-order valence-corrected chi connectivity index (χ3v) is 6.27. The van der Waals surface area contributed by atoms with E-state index >= 15 is 0 Å². The van der Waals surface area contributed by atoms with Crippen LogP contribution in [-0.2, 0) is 4.79 Å². The average molecular weight is 424 g/mol. The van der Waals surface area contributed by atoms with Crippen molar-refractivity contribution < 1.29 is 23.7 Å². The summed E-state index contributed by atoms with van der Waals surface area (Å²) in [7, 11) is 1.64. The first-order valence-corrected chi connectivity index (χ1v) is 10.5. The van der Waals surface area contributed by atoms with Crippen molar-refractivity contribution in [3.63, 3.8) is 0 Å². The Kier molecular flexibility index (Phi) is 4.28. The topological polar surface area (TPSA) is 54.0 Å². The average Bonchev–Trinajstić information content (AvgIpc) is 3.29. The van der Waals surface area contributed by atoms with Crippen molar-refractivity contribution in [2.24, 2.45) is 0 Å². The zero-order valence-electron chi connectivity index (χ0n) is 17.4. The lowest BCUT2D eigenvalue weighted by Gasteiger charge is -2.33. The lowest BCUT2D eigenvalue weighted by atomic mass is 9.74. The molecule has 0 radical (unpaired) electrons. The van der Waals surface area contributed by atoms with Gasteiger partial charge in [-0.2, -0.15) is 0 Å². The number of carbonyl (C=O) groups excluding carboxylic acids is 1. The minimum atomic E-state index is -0.512. The Morgan fingerprint density at radius 2 is 1.53 bits per heavy atom. The molecule has 2 atom stereocenters. The van der Waals surface area contributed by atoms with Crippen LogP contribution in [0.15, 0.2) is 78.9 Å². The molecule has 0 bridgehead atoms. The molecular weight excluding hydrogens is 404 g/mol. The number of ether oxygens (including phenoxy) is 4. The molecule has 0 N–H and O–H groups in total. The molecule has 0 fully saturated rings. The molecule has 0 amide bonds. The van der Waals surface area contributed by atoms with Crippen LogP contribution < -0.4 is 18.9 Å². The smallest absolute Gasteiger partial charge is 0.319 e. The zero-order valence-corrected chi connectivity index (χ0v) is 17.4. The van der Waals surface area contributed by atoms with Gasteiger partial charge < -0.3 is 18.9 Å². The molecule has 0 saturated carbocycles. The Balaban J connectivity index is 1.59. The second kappa shape index (κ2) is 7.31. The molecule has 2 aliphatic rings. The number of benzene rings is 4. The summed E-state index contributed by atoms with van der Waals surface area (Å²) in [5.41, 5.74) is 2.84. The third kappa shape index (κ3) is 2.89. The van der Waals surface area contributed by atoms with Crippen molar-refractivity contribution in [2.75, 3.05) is 13.9 Å².